The molecule has 0 aliphatic carbocycles. The highest BCUT2D eigenvalue weighted by Crippen LogP contribution is 2.29. The number of benzene rings is 1. The molecule has 100 valence electrons. The van der Waals surface area contributed by atoms with Crippen LogP contribution in [0.3, 0.4) is 0 Å². The summed E-state index contributed by atoms with van der Waals surface area (Å²) in [5.41, 5.74) is 0.329. The first-order chi connectivity index (χ1) is 8.10. The van der Waals surface area contributed by atoms with Gasteiger partial charge in [0.2, 0.25) is 5.91 Å². The van der Waals surface area contributed by atoms with Gasteiger partial charge in [-0.1, -0.05) is 6.92 Å². The van der Waals surface area contributed by atoms with Crippen LogP contribution in [0.25, 0.3) is 0 Å². The Balaban J connectivity index is 0.00000162. The van der Waals surface area contributed by atoms with Gasteiger partial charge in [-0.3, -0.25) is 4.79 Å². The van der Waals surface area contributed by atoms with Crippen molar-refractivity contribution in [1.82, 2.24) is 5.32 Å². The molecule has 1 heterocycles. The van der Waals surface area contributed by atoms with Crippen molar-refractivity contribution in [1.29, 1.82) is 0 Å². The van der Waals surface area contributed by atoms with Crippen LogP contribution in [-0.2, 0) is 4.79 Å². The summed E-state index contributed by atoms with van der Waals surface area (Å²) >= 11 is 0. The van der Waals surface area contributed by atoms with Crippen molar-refractivity contribution in [3.05, 3.63) is 30.1 Å². The number of nitrogens with one attached hydrogen (secondary N) is 2. The molecule has 0 bridgehead atoms. The zero-order valence-electron chi connectivity index (χ0n) is 10.3. The number of halogens is 2. The van der Waals surface area contributed by atoms with E-state index >= 15 is 0 Å². The van der Waals surface area contributed by atoms with Crippen LogP contribution in [0.5, 0.6) is 0 Å². The number of piperidine rings is 1. The second kappa shape index (κ2) is 6.16. The molecule has 1 saturated heterocycles. The SMILES string of the molecule is CC1(C(=O)Nc2ccc(F)cc2)CCNCC1.Cl. The lowest BCUT2D eigenvalue weighted by atomic mass is 9.80. The first-order valence-electron chi connectivity index (χ1n) is 5.88. The number of anilines is 1. The molecular weight excluding hydrogens is 255 g/mol. The molecule has 1 fully saturated rings. The maximum Gasteiger partial charge on any atom is 0.230 e. The highest BCUT2D eigenvalue weighted by atomic mass is 35.5. The number of hydrogen-bond acceptors (Lipinski definition) is 2. The average Bonchev–Trinajstić information content (AvgIpc) is 2.33. The molecule has 1 aliphatic heterocycles. The minimum absolute atomic E-state index is 0. The van der Waals surface area contributed by atoms with E-state index < -0.39 is 0 Å². The smallest absolute Gasteiger partial charge is 0.230 e. The number of rotatable bonds is 2. The predicted molar refractivity (Wildman–Crippen MR) is 72.5 cm³/mol. The number of amides is 1. The van der Waals surface area contributed by atoms with E-state index in [0.717, 1.165) is 25.9 Å². The fourth-order valence-corrected chi connectivity index (χ4v) is 2.02. The Bertz CT molecular complexity index is 402. The molecule has 0 aromatic heterocycles. The summed E-state index contributed by atoms with van der Waals surface area (Å²) in [7, 11) is 0. The van der Waals surface area contributed by atoms with E-state index in [-0.39, 0.29) is 29.5 Å². The standard InChI is InChI=1S/C13H17FN2O.ClH/c1-13(6-8-15-9-7-13)12(17)16-11-4-2-10(14)3-5-11;/h2-5,15H,6-9H2,1H3,(H,16,17);1H. The summed E-state index contributed by atoms with van der Waals surface area (Å²) in [6.45, 7) is 3.72. The molecule has 0 radical (unpaired) electrons. The first kappa shape index (κ1) is 14.9. The summed E-state index contributed by atoms with van der Waals surface area (Å²) in [6, 6.07) is 5.86. The van der Waals surface area contributed by atoms with Gasteiger partial charge in [-0.2, -0.15) is 0 Å². The molecule has 0 unspecified atom stereocenters. The lowest BCUT2D eigenvalue weighted by molar-refractivity contribution is -0.126. The van der Waals surface area contributed by atoms with Gasteiger partial charge >= 0.3 is 0 Å². The zero-order chi connectivity index (χ0) is 12.3. The number of carbonyl (C=O) groups is 1. The molecule has 18 heavy (non-hydrogen) atoms. The second-order valence-electron chi connectivity index (χ2n) is 4.77. The molecule has 5 heteroatoms. The normalized spacial score (nSPS) is 17.7. The summed E-state index contributed by atoms with van der Waals surface area (Å²) < 4.78 is 12.7. The van der Waals surface area contributed by atoms with Crippen LogP contribution in [0.1, 0.15) is 19.8 Å². The van der Waals surface area contributed by atoms with Crippen LogP contribution in [0, 0.1) is 11.2 Å². The van der Waals surface area contributed by atoms with Gasteiger partial charge in [-0.25, -0.2) is 4.39 Å². The van der Waals surface area contributed by atoms with Gasteiger partial charge in [0.15, 0.2) is 0 Å². The minimum Gasteiger partial charge on any atom is -0.326 e. The van der Waals surface area contributed by atoms with E-state index in [1.54, 1.807) is 12.1 Å². The van der Waals surface area contributed by atoms with Crippen molar-refractivity contribution >= 4 is 24.0 Å². The number of carbonyl (C=O) groups excluding carboxylic acids is 1. The molecule has 0 atom stereocenters. The summed E-state index contributed by atoms with van der Waals surface area (Å²) in [4.78, 5) is 12.1. The van der Waals surface area contributed by atoms with E-state index in [1.807, 2.05) is 6.92 Å². The van der Waals surface area contributed by atoms with Crippen molar-refractivity contribution in [2.45, 2.75) is 19.8 Å². The first-order valence-corrected chi connectivity index (χ1v) is 5.88. The topological polar surface area (TPSA) is 41.1 Å². The monoisotopic (exact) mass is 272 g/mol. The maximum absolute atomic E-state index is 12.7. The summed E-state index contributed by atoms with van der Waals surface area (Å²) in [6.07, 6.45) is 1.67. The van der Waals surface area contributed by atoms with E-state index in [0.29, 0.717) is 5.69 Å². The van der Waals surface area contributed by atoms with Crippen molar-refractivity contribution < 1.29 is 9.18 Å². The largest absolute Gasteiger partial charge is 0.326 e. The van der Waals surface area contributed by atoms with Crippen LogP contribution in [-0.4, -0.2) is 19.0 Å². The third kappa shape index (κ3) is 3.43. The lowest BCUT2D eigenvalue weighted by Gasteiger charge is -2.32. The molecule has 1 aromatic rings. The zero-order valence-corrected chi connectivity index (χ0v) is 11.1. The van der Waals surface area contributed by atoms with Gasteiger partial charge < -0.3 is 10.6 Å². The Morgan fingerprint density at radius 3 is 2.39 bits per heavy atom. The van der Waals surface area contributed by atoms with Crippen LogP contribution >= 0.6 is 12.4 Å². The molecule has 0 saturated carbocycles. The van der Waals surface area contributed by atoms with Crippen molar-refractivity contribution in [3.63, 3.8) is 0 Å². The highest BCUT2D eigenvalue weighted by molar-refractivity contribution is 5.95. The summed E-state index contributed by atoms with van der Waals surface area (Å²) in [5.74, 6) is -0.276. The molecule has 1 aliphatic rings. The van der Waals surface area contributed by atoms with Gasteiger partial charge in [0, 0.05) is 11.1 Å². The van der Waals surface area contributed by atoms with Crippen molar-refractivity contribution in [2.75, 3.05) is 18.4 Å². The lowest BCUT2D eigenvalue weighted by Crippen LogP contribution is -2.42. The molecule has 0 spiro atoms. The van der Waals surface area contributed by atoms with Crippen molar-refractivity contribution in [3.8, 4) is 0 Å². The van der Waals surface area contributed by atoms with E-state index in [4.69, 9.17) is 0 Å². The van der Waals surface area contributed by atoms with Gasteiger partial charge in [0.05, 0.1) is 0 Å². The molecule has 2 N–H and O–H groups in total. The number of hydrogen-bond donors (Lipinski definition) is 2. The Morgan fingerprint density at radius 2 is 1.83 bits per heavy atom. The van der Waals surface area contributed by atoms with E-state index in [9.17, 15) is 9.18 Å². The summed E-state index contributed by atoms with van der Waals surface area (Å²) in [5, 5.41) is 6.08. The fourth-order valence-electron chi connectivity index (χ4n) is 2.02. The third-order valence-corrected chi connectivity index (χ3v) is 3.36. The Morgan fingerprint density at radius 1 is 1.28 bits per heavy atom. The second-order valence-corrected chi connectivity index (χ2v) is 4.77. The van der Waals surface area contributed by atoms with Gasteiger partial charge in [-0.15, -0.1) is 12.4 Å². The molecule has 1 aromatic carbocycles. The van der Waals surface area contributed by atoms with E-state index in [1.165, 1.54) is 12.1 Å². The molecule has 3 nitrogen and oxygen atoms in total. The Kier molecular flexibility index (Phi) is 5.11. The van der Waals surface area contributed by atoms with Crippen molar-refractivity contribution in [2.24, 2.45) is 5.41 Å². The molecule has 2 rings (SSSR count). The van der Waals surface area contributed by atoms with Gasteiger partial charge in [0.1, 0.15) is 5.82 Å². The third-order valence-electron chi connectivity index (χ3n) is 3.36. The van der Waals surface area contributed by atoms with Crippen LogP contribution < -0.4 is 10.6 Å². The maximum atomic E-state index is 12.7. The van der Waals surface area contributed by atoms with Crippen LogP contribution in [0.15, 0.2) is 24.3 Å². The average molecular weight is 273 g/mol. The van der Waals surface area contributed by atoms with Crippen LogP contribution in [0.4, 0.5) is 10.1 Å². The quantitative estimate of drug-likeness (QED) is 0.869. The Hall–Kier alpha value is -1.13. The van der Waals surface area contributed by atoms with Gasteiger partial charge in [0.25, 0.3) is 0 Å². The molecular formula is C13H18ClFN2O. The highest BCUT2D eigenvalue weighted by Gasteiger charge is 2.34. The molecule has 1 amide bonds. The predicted octanol–water partition coefficient (Wildman–Crippen LogP) is 2.58. The van der Waals surface area contributed by atoms with E-state index in [2.05, 4.69) is 10.6 Å². The minimum atomic E-state index is -0.320. The van der Waals surface area contributed by atoms with Crippen LogP contribution in [0.2, 0.25) is 0 Å². The fraction of sp³-hybridized carbons (Fsp3) is 0.462. The van der Waals surface area contributed by atoms with Gasteiger partial charge in [-0.05, 0) is 50.2 Å². The Labute approximate surface area is 113 Å².